The fourth-order valence-electron chi connectivity index (χ4n) is 5.08. The van der Waals surface area contributed by atoms with Crippen molar-refractivity contribution < 1.29 is 0 Å². The summed E-state index contributed by atoms with van der Waals surface area (Å²) in [6.45, 7) is 6.77. The van der Waals surface area contributed by atoms with Gasteiger partial charge in [0, 0.05) is 17.1 Å². The molecule has 1 nitrogen and oxygen atoms in total. The van der Waals surface area contributed by atoms with Crippen LogP contribution in [0, 0.1) is 0 Å². The molecule has 0 amide bonds. The number of anilines is 3. The van der Waals surface area contributed by atoms with E-state index in [0.29, 0.717) is 0 Å². The predicted octanol–water partition coefficient (Wildman–Crippen LogP) is 11.2. The van der Waals surface area contributed by atoms with Crippen LogP contribution >= 0.6 is 0 Å². The van der Waals surface area contributed by atoms with Crippen LogP contribution in [0.2, 0.25) is 0 Å². The summed E-state index contributed by atoms with van der Waals surface area (Å²) in [5, 5.41) is 0. The Morgan fingerprint density at radius 1 is 0.368 bits per heavy atom. The molecule has 0 aliphatic rings. The Labute approximate surface area is 231 Å². The lowest BCUT2D eigenvalue weighted by atomic mass is 10.0. The van der Waals surface area contributed by atoms with Gasteiger partial charge >= 0.3 is 0 Å². The summed E-state index contributed by atoms with van der Waals surface area (Å²) < 4.78 is 0. The zero-order chi connectivity index (χ0) is 26.6. The molecule has 0 aromatic heterocycles. The minimum Gasteiger partial charge on any atom is -0.311 e. The van der Waals surface area contributed by atoms with E-state index in [1.165, 1.54) is 96.2 Å². The van der Waals surface area contributed by atoms with E-state index in [4.69, 9.17) is 0 Å². The molecule has 0 radical (unpaired) electrons. The number of aryl methyl sites for hydroxylation is 3. The van der Waals surface area contributed by atoms with Gasteiger partial charge in [0.2, 0.25) is 0 Å². The third kappa shape index (κ3) is 7.60. The van der Waals surface area contributed by atoms with Crippen LogP contribution in [-0.4, -0.2) is 0 Å². The molecular formula is C37H45N. The third-order valence-electron chi connectivity index (χ3n) is 7.51. The Bertz CT molecular complexity index is 1150. The second-order valence-corrected chi connectivity index (χ2v) is 10.6. The summed E-state index contributed by atoms with van der Waals surface area (Å²) in [5.74, 6) is 0. The van der Waals surface area contributed by atoms with Crippen LogP contribution < -0.4 is 4.90 Å². The Kier molecular flexibility index (Phi) is 10.6. The zero-order valence-corrected chi connectivity index (χ0v) is 23.8. The molecule has 4 aromatic rings. The fraction of sp³-hybridized carbons (Fsp3) is 0.351. The lowest BCUT2D eigenvalue weighted by Gasteiger charge is -2.26. The van der Waals surface area contributed by atoms with Crippen molar-refractivity contribution in [2.24, 2.45) is 0 Å². The average molecular weight is 504 g/mol. The molecular weight excluding hydrogens is 458 g/mol. The summed E-state index contributed by atoms with van der Waals surface area (Å²) in [7, 11) is 0. The van der Waals surface area contributed by atoms with E-state index in [9.17, 15) is 0 Å². The van der Waals surface area contributed by atoms with E-state index in [0.717, 1.165) is 12.8 Å². The van der Waals surface area contributed by atoms with Gasteiger partial charge in [-0.1, -0.05) is 107 Å². The topological polar surface area (TPSA) is 3.24 Å². The van der Waals surface area contributed by atoms with Gasteiger partial charge in [0.25, 0.3) is 0 Å². The van der Waals surface area contributed by atoms with E-state index < -0.39 is 0 Å². The monoisotopic (exact) mass is 503 g/mol. The molecule has 0 saturated heterocycles. The molecule has 0 heterocycles. The highest BCUT2D eigenvalue weighted by Crippen LogP contribution is 2.36. The number of rotatable bonds is 14. The van der Waals surface area contributed by atoms with Crippen LogP contribution in [-0.2, 0) is 19.3 Å². The van der Waals surface area contributed by atoms with Gasteiger partial charge in [-0.05, 0) is 103 Å². The van der Waals surface area contributed by atoms with Gasteiger partial charge in [-0.25, -0.2) is 0 Å². The highest BCUT2D eigenvalue weighted by atomic mass is 15.1. The maximum atomic E-state index is 2.38. The summed E-state index contributed by atoms with van der Waals surface area (Å²) >= 11 is 0. The molecule has 0 spiro atoms. The molecule has 4 rings (SSSR count). The van der Waals surface area contributed by atoms with Gasteiger partial charge in [0.15, 0.2) is 0 Å². The highest BCUT2D eigenvalue weighted by Gasteiger charge is 2.13. The second-order valence-electron chi connectivity index (χ2n) is 10.6. The lowest BCUT2D eigenvalue weighted by molar-refractivity contribution is 0.717. The van der Waals surface area contributed by atoms with Gasteiger partial charge in [0.05, 0.1) is 0 Å². The molecule has 4 aromatic carbocycles. The fourth-order valence-corrected chi connectivity index (χ4v) is 5.08. The Hall–Kier alpha value is -3.32. The van der Waals surface area contributed by atoms with E-state index >= 15 is 0 Å². The van der Waals surface area contributed by atoms with Crippen molar-refractivity contribution in [3.8, 4) is 11.1 Å². The second kappa shape index (κ2) is 14.6. The minimum atomic E-state index is 1.15. The maximum absolute atomic E-state index is 2.38. The SMILES string of the molecule is CCCCCc1ccc(-c2ccc(N(c3ccc(CCCC)cc3)c3ccc(CCCC)cc3)cc2)cc1. The van der Waals surface area contributed by atoms with Crippen molar-refractivity contribution in [3.63, 3.8) is 0 Å². The third-order valence-corrected chi connectivity index (χ3v) is 7.51. The zero-order valence-electron chi connectivity index (χ0n) is 23.8. The van der Waals surface area contributed by atoms with E-state index in [-0.39, 0.29) is 0 Å². The molecule has 0 atom stereocenters. The predicted molar refractivity (Wildman–Crippen MR) is 167 cm³/mol. The van der Waals surface area contributed by atoms with Crippen LogP contribution in [0.5, 0.6) is 0 Å². The summed E-state index contributed by atoms with van der Waals surface area (Å²) in [4.78, 5) is 2.38. The van der Waals surface area contributed by atoms with Crippen LogP contribution in [0.25, 0.3) is 11.1 Å². The molecule has 198 valence electrons. The normalized spacial score (nSPS) is 11.0. The Morgan fingerprint density at radius 3 is 1.08 bits per heavy atom. The van der Waals surface area contributed by atoms with Crippen molar-refractivity contribution >= 4 is 17.1 Å². The van der Waals surface area contributed by atoms with Gasteiger partial charge in [0.1, 0.15) is 0 Å². The molecule has 0 fully saturated rings. The lowest BCUT2D eigenvalue weighted by Crippen LogP contribution is -2.10. The first-order valence-corrected chi connectivity index (χ1v) is 14.9. The smallest absolute Gasteiger partial charge is 0.0462 e. The number of hydrogen-bond acceptors (Lipinski definition) is 1. The molecule has 1 heteroatoms. The molecule has 0 N–H and O–H groups in total. The summed E-state index contributed by atoms with van der Waals surface area (Å²) in [5.41, 5.74) is 10.4. The van der Waals surface area contributed by atoms with Crippen LogP contribution in [0.4, 0.5) is 17.1 Å². The number of unbranched alkanes of at least 4 members (excludes halogenated alkanes) is 4. The summed E-state index contributed by atoms with van der Waals surface area (Å²) in [6.07, 6.45) is 12.3. The maximum Gasteiger partial charge on any atom is 0.0462 e. The number of nitrogens with zero attached hydrogens (tertiary/aromatic N) is 1. The molecule has 0 aliphatic carbocycles. The highest BCUT2D eigenvalue weighted by molar-refractivity contribution is 5.78. The van der Waals surface area contributed by atoms with Crippen molar-refractivity contribution in [2.75, 3.05) is 4.90 Å². The van der Waals surface area contributed by atoms with Crippen molar-refractivity contribution in [1.29, 1.82) is 0 Å². The van der Waals surface area contributed by atoms with Gasteiger partial charge in [-0.15, -0.1) is 0 Å². The van der Waals surface area contributed by atoms with Crippen LogP contribution in [0.3, 0.4) is 0 Å². The minimum absolute atomic E-state index is 1.15. The Balaban J connectivity index is 1.59. The van der Waals surface area contributed by atoms with Crippen molar-refractivity contribution in [2.45, 2.75) is 85.0 Å². The van der Waals surface area contributed by atoms with Gasteiger partial charge in [-0.2, -0.15) is 0 Å². The number of benzene rings is 4. The molecule has 0 aliphatic heterocycles. The standard InChI is InChI=1S/C37H45N/c1-4-7-10-13-32-14-20-33(21-15-32)34-22-28-37(29-23-34)38(35-24-16-30(17-25-35)11-8-5-2)36-26-18-31(19-27-36)12-9-6-3/h14-29H,4-13H2,1-3H3. The Morgan fingerprint density at radius 2 is 0.684 bits per heavy atom. The van der Waals surface area contributed by atoms with Crippen molar-refractivity contribution in [3.05, 3.63) is 114 Å². The first kappa shape index (κ1) is 27.7. The quantitative estimate of drug-likeness (QED) is 0.155. The van der Waals surface area contributed by atoms with Gasteiger partial charge < -0.3 is 4.90 Å². The van der Waals surface area contributed by atoms with Crippen LogP contribution in [0.1, 0.15) is 82.4 Å². The van der Waals surface area contributed by atoms with E-state index in [1.807, 2.05) is 0 Å². The number of hydrogen-bond donors (Lipinski definition) is 0. The first-order chi connectivity index (χ1) is 18.7. The average Bonchev–Trinajstić information content (AvgIpc) is 2.97. The van der Waals surface area contributed by atoms with Crippen LogP contribution in [0.15, 0.2) is 97.1 Å². The first-order valence-electron chi connectivity index (χ1n) is 14.9. The molecule has 0 saturated carbocycles. The largest absolute Gasteiger partial charge is 0.311 e. The van der Waals surface area contributed by atoms with Gasteiger partial charge in [-0.3, -0.25) is 0 Å². The molecule has 0 unspecified atom stereocenters. The van der Waals surface area contributed by atoms with E-state index in [1.54, 1.807) is 0 Å². The molecule has 38 heavy (non-hydrogen) atoms. The molecule has 0 bridgehead atoms. The summed E-state index contributed by atoms with van der Waals surface area (Å²) in [6, 6.07) is 36.5. The van der Waals surface area contributed by atoms with E-state index in [2.05, 4.69) is 123 Å². The van der Waals surface area contributed by atoms with Crippen molar-refractivity contribution in [1.82, 2.24) is 0 Å².